The van der Waals surface area contributed by atoms with Crippen molar-refractivity contribution in [2.45, 2.75) is 13.0 Å². The number of halogens is 1. The maximum atomic E-state index is 12.1. The van der Waals surface area contributed by atoms with Crippen molar-refractivity contribution in [1.29, 1.82) is 0 Å². The predicted molar refractivity (Wildman–Crippen MR) is 78.5 cm³/mol. The van der Waals surface area contributed by atoms with Gasteiger partial charge in [-0.25, -0.2) is 0 Å². The van der Waals surface area contributed by atoms with E-state index >= 15 is 0 Å². The minimum absolute atomic E-state index is 0.0836. The van der Waals surface area contributed by atoms with Gasteiger partial charge in [-0.1, -0.05) is 11.6 Å². The number of rotatable bonds is 4. The van der Waals surface area contributed by atoms with Gasteiger partial charge in [-0.05, 0) is 25.1 Å². The van der Waals surface area contributed by atoms with E-state index < -0.39 is 0 Å². The SMILES string of the molecule is COc1ccc(Cl)cc1NC(=O)CN1CCOC(C)C1. The molecule has 1 heterocycles. The van der Waals surface area contributed by atoms with Gasteiger partial charge in [0, 0.05) is 18.1 Å². The van der Waals surface area contributed by atoms with Gasteiger partial charge >= 0.3 is 0 Å². The molecule has 1 atom stereocenters. The van der Waals surface area contributed by atoms with Gasteiger partial charge in [-0.15, -0.1) is 0 Å². The van der Waals surface area contributed by atoms with Crippen LogP contribution in [-0.2, 0) is 9.53 Å². The number of ether oxygens (including phenoxy) is 2. The lowest BCUT2D eigenvalue weighted by Gasteiger charge is -2.30. The number of amides is 1. The Balaban J connectivity index is 1.95. The third-order valence-corrected chi connectivity index (χ3v) is 3.36. The van der Waals surface area contributed by atoms with Crippen LogP contribution in [0.25, 0.3) is 0 Å². The van der Waals surface area contributed by atoms with E-state index in [9.17, 15) is 4.79 Å². The van der Waals surface area contributed by atoms with E-state index in [4.69, 9.17) is 21.1 Å². The molecule has 1 aliphatic rings. The lowest BCUT2D eigenvalue weighted by molar-refractivity contribution is -0.119. The van der Waals surface area contributed by atoms with Crippen LogP contribution in [0.1, 0.15) is 6.92 Å². The van der Waals surface area contributed by atoms with E-state index in [0.29, 0.717) is 29.6 Å². The zero-order valence-electron chi connectivity index (χ0n) is 11.7. The normalized spacial score (nSPS) is 19.6. The zero-order chi connectivity index (χ0) is 14.5. The van der Waals surface area contributed by atoms with Gasteiger partial charge in [0.15, 0.2) is 0 Å². The number of anilines is 1. The highest BCUT2D eigenvalue weighted by Crippen LogP contribution is 2.27. The summed E-state index contributed by atoms with van der Waals surface area (Å²) in [5, 5.41) is 3.39. The lowest BCUT2D eigenvalue weighted by Crippen LogP contribution is -2.44. The molecule has 0 spiro atoms. The Labute approximate surface area is 123 Å². The van der Waals surface area contributed by atoms with Crippen molar-refractivity contribution >= 4 is 23.2 Å². The summed E-state index contributed by atoms with van der Waals surface area (Å²) in [6.45, 7) is 4.53. The lowest BCUT2D eigenvalue weighted by atomic mass is 10.2. The Hall–Kier alpha value is -1.30. The number of hydrogen-bond donors (Lipinski definition) is 1. The molecular formula is C14H19ClN2O3. The van der Waals surface area contributed by atoms with Crippen LogP contribution in [0.15, 0.2) is 18.2 Å². The third-order valence-electron chi connectivity index (χ3n) is 3.13. The van der Waals surface area contributed by atoms with E-state index in [-0.39, 0.29) is 12.0 Å². The summed E-state index contributed by atoms with van der Waals surface area (Å²) < 4.78 is 10.7. The topological polar surface area (TPSA) is 50.8 Å². The molecule has 0 saturated carbocycles. The molecule has 1 aliphatic heterocycles. The highest BCUT2D eigenvalue weighted by atomic mass is 35.5. The average Bonchev–Trinajstić information content (AvgIpc) is 2.38. The number of methoxy groups -OCH3 is 1. The second kappa shape index (κ2) is 6.92. The molecule has 5 nitrogen and oxygen atoms in total. The number of benzene rings is 1. The fraction of sp³-hybridized carbons (Fsp3) is 0.500. The molecule has 1 unspecified atom stereocenters. The summed E-state index contributed by atoms with van der Waals surface area (Å²) >= 11 is 5.93. The minimum Gasteiger partial charge on any atom is -0.495 e. The minimum atomic E-state index is -0.0836. The number of carbonyl (C=O) groups excluding carboxylic acids is 1. The van der Waals surface area contributed by atoms with Crippen molar-refractivity contribution in [1.82, 2.24) is 4.90 Å². The fourth-order valence-electron chi connectivity index (χ4n) is 2.20. The van der Waals surface area contributed by atoms with Gasteiger partial charge in [0.1, 0.15) is 5.75 Å². The molecule has 2 rings (SSSR count). The molecule has 20 heavy (non-hydrogen) atoms. The highest BCUT2D eigenvalue weighted by molar-refractivity contribution is 6.31. The van der Waals surface area contributed by atoms with Crippen LogP contribution in [-0.4, -0.2) is 50.3 Å². The number of nitrogens with zero attached hydrogens (tertiary/aromatic N) is 1. The van der Waals surface area contributed by atoms with Crippen molar-refractivity contribution in [3.63, 3.8) is 0 Å². The molecule has 0 radical (unpaired) electrons. The van der Waals surface area contributed by atoms with Crippen LogP contribution >= 0.6 is 11.6 Å². The monoisotopic (exact) mass is 298 g/mol. The maximum Gasteiger partial charge on any atom is 0.238 e. The third kappa shape index (κ3) is 4.10. The van der Waals surface area contributed by atoms with Crippen molar-refractivity contribution in [2.24, 2.45) is 0 Å². The van der Waals surface area contributed by atoms with Gasteiger partial charge in [-0.3, -0.25) is 9.69 Å². The van der Waals surface area contributed by atoms with E-state index in [1.54, 1.807) is 25.3 Å². The molecule has 110 valence electrons. The predicted octanol–water partition coefficient (Wildman–Crippen LogP) is 2.01. The van der Waals surface area contributed by atoms with Gasteiger partial charge < -0.3 is 14.8 Å². The zero-order valence-corrected chi connectivity index (χ0v) is 12.4. The van der Waals surface area contributed by atoms with Gasteiger partial charge in [0.25, 0.3) is 0 Å². The van der Waals surface area contributed by atoms with Crippen molar-refractivity contribution in [3.8, 4) is 5.75 Å². The van der Waals surface area contributed by atoms with Crippen molar-refractivity contribution in [2.75, 3.05) is 38.7 Å². The quantitative estimate of drug-likeness (QED) is 0.924. The van der Waals surface area contributed by atoms with Gasteiger partial charge in [0.2, 0.25) is 5.91 Å². The molecule has 0 bridgehead atoms. The van der Waals surface area contributed by atoms with Gasteiger partial charge in [0.05, 0.1) is 32.1 Å². The summed E-state index contributed by atoms with van der Waals surface area (Å²) in [4.78, 5) is 14.1. The summed E-state index contributed by atoms with van der Waals surface area (Å²) in [6.07, 6.45) is 0.164. The van der Waals surface area contributed by atoms with Crippen LogP contribution in [0.5, 0.6) is 5.75 Å². The molecule has 1 fully saturated rings. The van der Waals surface area contributed by atoms with Crippen molar-refractivity contribution in [3.05, 3.63) is 23.2 Å². The van der Waals surface area contributed by atoms with Crippen LogP contribution in [0.4, 0.5) is 5.69 Å². The first kappa shape index (κ1) is 15.1. The number of carbonyl (C=O) groups is 1. The molecule has 1 aromatic rings. The van der Waals surface area contributed by atoms with Crippen LogP contribution in [0, 0.1) is 0 Å². The Bertz CT molecular complexity index is 481. The maximum absolute atomic E-state index is 12.1. The van der Waals surface area contributed by atoms with Crippen molar-refractivity contribution < 1.29 is 14.3 Å². The number of nitrogens with one attached hydrogen (secondary N) is 1. The summed E-state index contributed by atoms with van der Waals surface area (Å²) in [6, 6.07) is 5.13. The Morgan fingerprint density at radius 3 is 3.10 bits per heavy atom. The summed E-state index contributed by atoms with van der Waals surface area (Å²) in [5.74, 6) is 0.512. The first-order chi connectivity index (χ1) is 9.58. The molecule has 1 aromatic carbocycles. The fourth-order valence-corrected chi connectivity index (χ4v) is 2.38. The average molecular weight is 299 g/mol. The molecule has 0 aromatic heterocycles. The number of hydrogen-bond acceptors (Lipinski definition) is 4. The van der Waals surface area contributed by atoms with E-state index in [1.165, 1.54) is 0 Å². The van der Waals surface area contributed by atoms with E-state index in [0.717, 1.165) is 13.1 Å². The second-order valence-electron chi connectivity index (χ2n) is 4.81. The molecular weight excluding hydrogens is 280 g/mol. The van der Waals surface area contributed by atoms with Crippen LogP contribution < -0.4 is 10.1 Å². The second-order valence-corrected chi connectivity index (χ2v) is 5.25. The summed E-state index contributed by atoms with van der Waals surface area (Å²) in [5.41, 5.74) is 0.589. The summed E-state index contributed by atoms with van der Waals surface area (Å²) in [7, 11) is 1.56. The smallest absolute Gasteiger partial charge is 0.238 e. The van der Waals surface area contributed by atoms with Crippen LogP contribution in [0.2, 0.25) is 5.02 Å². The molecule has 1 saturated heterocycles. The van der Waals surface area contributed by atoms with Gasteiger partial charge in [-0.2, -0.15) is 0 Å². The molecule has 0 aliphatic carbocycles. The number of morpholine rings is 1. The van der Waals surface area contributed by atoms with E-state index in [1.807, 2.05) is 6.92 Å². The first-order valence-corrected chi connectivity index (χ1v) is 6.93. The van der Waals surface area contributed by atoms with E-state index in [2.05, 4.69) is 10.2 Å². The van der Waals surface area contributed by atoms with Crippen LogP contribution in [0.3, 0.4) is 0 Å². The highest BCUT2D eigenvalue weighted by Gasteiger charge is 2.19. The standard InChI is InChI=1S/C14H19ClN2O3/c1-10-8-17(5-6-20-10)9-14(18)16-12-7-11(15)3-4-13(12)19-2/h3-4,7,10H,5-6,8-9H2,1-2H3,(H,16,18). The largest absolute Gasteiger partial charge is 0.495 e. The Morgan fingerprint density at radius 1 is 1.60 bits per heavy atom. The molecule has 6 heteroatoms. The Morgan fingerprint density at radius 2 is 2.40 bits per heavy atom. The Kier molecular flexibility index (Phi) is 5.23. The molecule has 1 N–H and O–H groups in total. The first-order valence-electron chi connectivity index (χ1n) is 6.56. The molecule has 1 amide bonds.